The molecule has 0 fully saturated rings. The molecule has 0 radical (unpaired) electrons. The van der Waals surface area contributed by atoms with Crippen molar-refractivity contribution in [3.05, 3.63) is 0 Å². The van der Waals surface area contributed by atoms with Gasteiger partial charge in [0, 0.05) is 6.42 Å². The lowest BCUT2D eigenvalue weighted by Gasteiger charge is -2.18. The maximum absolute atomic E-state index is 10.6. The molecule has 0 unspecified atom stereocenters. The lowest BCUT2D eigenvalue weighted by atomic mass is 10.0. The van der Waals surface area contributed by atoms with Gasteiger partial charge in [-0.15, -0.1) is 0 Å². The van der Waals surface area contributed by atoms with Gasteiger partial charge in [-0.2, -0.15) is 0 Å². The Morgan fingerprint density at radius 2 is 1.21 bits per heavy atom. The third-order valence-electron chi connectivity index (χ3n) is 3.13. The Morgan fingerprint density at radius 3 is 1.63 bits per heavy atom. The van der Waals surface area contributed by atoms with Crippen LogP contribution in [-0.2, 0) is 9.59 Å². The molecule has 0 aromatic heterocycles. The van der Waals surface area contributed by atoms with E-state index in [9.17, 15) is 9.59 Å². The minimum atomic E-state index is -1.60. The van der Waals surface area contributed by atoms with Gasteiger partial charge in [-0.1, -0.05) is 38.5 Å². The summed E-state index contributed by atoms with van der Waals surface area (Å²) in [5.41, 5.74) is 9.22. The van der Waals surface area contributed by atoms with E-state index in [0.717, 1.165) is 51.4 Å². The highest BCUT2D eigenvalue weighted by Crippen LogP contribution is 2.12. The minimum absolute atomic E-state index is 0.254. The summed E-state index contributed by atoms with van der Waals surface area (Å²) in [6.45, 7) is 0. The first-order valence-electron chi connectivity index (χ1n) is 6.89. The van der Waals surface area contributed by atoms with Crippen LogP contribution in [0.5, 0.6) is 0 Å². The lowest BCUT2D eigenvalue weighted by Crippen LogP contribution is -2.56. The monoisotopic (exact) mass is 274 g/mol. The van der Waals surface area contributed by atoms with Crippen LogP contribution in [0.4, 0.5) is 0 Å². The molecule has 112 valence electrons. The molecule has 0 heterocycles. The second-order valence-electron chi connectivity index (χ2n) is 5.07. The summed E-state index contributed by atoms with van der Waals surface area (Å²) >= 11 is 0. The fraction of sp³-hybridized carbons (Fsp3) is 0.846. The average molecular weight is 274 g/mol. The van der Waals surface area contributed by atoms with Gasteiger partial charge < -0.3 is 21.7 Å². The number of hydrogen-bond acceptors (Lipinski definition) is 4. The third kappa shape index (κ3) is 10.5. The molecule has 0 amide bonds. The van der Waals surface area contributed by atoms with Crippen molar-refractivity contribution in [2.24, 2.45) is 11.5 Å². The molecule has 0 atom stereocenters. The molecular formula is C13H26N2O4. The van der Waals surface area contributed by atoms with Crippen molar-refractivity contribution in [1.29, 1.82) is 0 Å². The van der Waals surface area contributed by atoms with Gasteiger partial charge in [-0.25, -0.2) is 4.79 Å². The second-order valence-corrected chi connectivity index (χ2v) is 5.07. The summed E-state index contributed by atoms with van der Waals surface area (Å²) in [7, 11) is 0. The van der Waals surface area contributed by atoms with Crippen molar-refractivity contribution < 1.29 is 19.8 Å². The molecule has 0 bridgehead atoms. The van der Waals surface area contributed by atoms with Crippen LogP contribution in [0.3, 0.4) is 0 Å². The predicted octanol–water partition coefficient (Wildman–Crippen LogP) is 1.67. The van der Waals surface area contributed by atoms with Gasteiger partial charge in [0.05, 0.1) is 0 Å². The molecular weight excluding hydrogens is 248 g/mol. The van der Waals surface area contributed by atoms with Gasteiger partial charge in [0.15, 0.2) is 5.66 Å². The molecule has 0 saturated heterocycles. The van der Waals surface area contributed by atoms with E-state index in [4.69, 9.17) is 21.7 Å². The van der Waals surface area contributed by atoms with Crippen LogP contribution in [0.2, 0.25) is 0 Å². The van der Waals surface area contributed by atoms with E-state index < -0.39 is 17.6 Å². The maximum atomic E-state index is 10.6. The fourth-order valence-electron chi connectivity index (χ4n) is 1.86. The summed E-state index contributed by atoms with van der Waals surface area (Å²) in [5.74, 6) is -1.89. The molecule has 6 N–H and O–H groups in total. The van der Waals surface area contributed by atoms with Crippen LogP contribution in [-0.4, -0.2) is 27.8 Å². The van der Waals surface area contributed by atoms with Gasteiger partial charge in [-0.05, 0) is 19.3 Å². The van der Waals surface area contributed by atoms with E-state index in [1.54, 1.807) is 0 Å². The molecule has 0 aliphatic rings. The predicted molar refractivity (Wildman–Crippen MR) is 72.5 cm³/mol. The standard InChI is InChI=1S/C13H26N2O4/c14-13(15,12(18)19)10-8-6-4-2-1-3-5-7-9-11(16)17/h1-10,14-15H2,(H,16,17)(H,18,19). The Hall–Kier alpha value is -1.14. The molecule has 6 heteroatoms. The first-order valence-corrected chi connectivity index (χ1v) is 6.89. The van der Waals surface area contributed by atoms with Crippen molar-refractivity contribution >= 4 is 11.9 Å². The number of carboxylic acid groups (broad SMARTS) is 2. The Balaban J connectivity index is 3.28. The van der Waals surface area contributed by atoms with Crippen LogP contribution in [0.15, 0.2) is 0 Å². The number of aliphatic carboxylic acids is 2. The number of unbranched alkanes of at least 4 members (excludes halogenated alkanes) is 7. The van der Waals surface area contributed by atoms with Crippen LogP contribution in [0.1, 0.15) is 64.2 Å². The number of carbonyl (C=O) groups is 2. The SMILES string of the molecule is NC(N)(CCCCCCCCCCC(=O)O)C(=O)O. The van der Waals surface area contributed by atoms with Crippen molar-refractivity contribution in [2.75, 3.05) is 0 Å². The molecule has 0 aliphatic heterocycles. The van der Waals surface area contributed by atoms with Gasteiger partial charge in [-0.3, -0.25) is 4.79 Å². The molecule has 0 saturated carbocycles. The van der Waals surface area contributed by atoms with E-state index in [1.807, 2.05) is 0 Å². The fourth-order valence-corrected chi connectivity index (χ4v) is 1.86. The van der Waals surface area contributed by atoms with Crippen LogP contribution < -0.4 is 11.5 Å². The van der Waals surface area contributed by atoms with Crippen LogP contribution in [0.25, 0.3) is 0 Å². The first-order chi connectivity index (χ1) is 8.86. The first kappa shape index (κ1) is 17.9. The quantitative estimate of drug-likeness (QED) is 0.317. The number of carboxylic acids is 2. The Kier molecular flexibility index (Phi) is 9.16. The van der Waals surface area contributed by atoms with E-state index in [2.05, 4.69) is 0 Å². The Bertz CT molecular complexity index is 280. The number of nitrogens with two attached hydrogens (primary N) is 2. The number of rotatable bonds is 12. The highest BCUT2D eigenvalue weighted by Gasteiger charge is 2.27. The van der Waals surface area contributed by atoms with E-state index >= 15 is 0 Å². The molecule has 0 aliphatic carbocycles. The van der Waals surface area contributed by atoms with Crippen molar-refractivity contribution in [3.63, 3.8) is 0 Å². The molecule has 6 nitrogen and oxygen atoms in total. The minimum Gasteiger partial charge on any atom is -0.481 e. The highest BCUT2D eigenvalue weighted by atomic mass is 16.4. The molecule has 0 rings (SSSR count). The maximum Gasteiger partial charge on any atom is 0.338 e. The third-order valence-corrected chi connectivity index (χ3v) is 3.13. The van der Waals surface area contributed by atoms with Gasteiger partial charge in [0.25, 0.3) is 0 Å². The van der Waals surface area contributed by atoms with Crippen molar-refractivity contribution in [3.8, 4) is 0 Å². The average Bonchev–Trinajstić information content (AvgIpc) is 2.30. The zero-order chi connectivity index (χ0) is 14.7. The zero-order valence-corrected chi connectivity index (χ0v) is 11.4. The summed E-state index contributed by atoms with van der Waals surface area (Å²) < 4.78 is 0. The Labute approximate surface area is 114 Å². The molecule has 0 aromatic carbocycles. The van der Waals surface area contributed by atoms with E-state index in [1.165, 1.54) is 0 Å². The summed E-state index contributed by atoms with van der Waals surface area (Å²) in [6, 6.07) is 0. The van der Waals surface area contributed by atoms with Crippen molar-refractivity contribution in [1.82, 2.24) is 0 Å². The zero-order valence-electron chi connectivity index (χ0n) is 11.4. The normalized spacial score (nSPS) is 11.5. The smallest absolute Gasteiger partial charge is 0.338 e. The van der Waals surface area contributed by atoms with Gasteiger partial charge >= 0.3 is 11.9 Å². The topological polar surface area (TPSA) is 127 Å². The summed E-state index contributed by atoms with van der Waals surface area (Å²) in [4.78, 5) is 20.9. The van der Waals surface area contributed by atoms with E-state index in [0.29, 0.717) is 6.42 Å². The van der Waals surface area contributed by atoms with Crippen LogP contribution in [0, 0.1) is 0 Å². The molecule has 0 aromatic rings. The highest BCUT2D eigenvalue weighted by molar-refractivity contribution is 5.77. The Morgan fingerprint density at radius 1 is 0.789 bits per heavy atom. The summed E-state index contributed by atoms with van der Waals surface area (Å²) in [6.07, 6.45) is 8.17. The summed E-state index contributed by atoms with van der Waals surface area (Å²) in [5, 5.41) is 17.2. The van der Waals surface area contributed by atoms with E-state index in [-0.39, 0.29) is 6.42 Å². The molecule has 0 spiro atoms. The lowest BCUT2D eigenvalue weighted by molar-refractivity contribution is -0.143. The van der Waals surface area contributed by atoms with Gasteiger partial charge in [0.2, 0.25) is 0 Å². The number of hydrogen-bond donors (Lipinski definition) is 4. The van der Waals surface area contributed by atoms with Gasteiger partial charge in [0.1, 0.15) is 0 Å². The largest absolute Gasteiger partial charge is 0.481 e. The van der Waals surface area contributed by atoms with Crippen molar-refractivity contribution in [2.45, 2.75) is 69.9 Å². The van der Waals surface area contributed by atoms with Crippen LogP contribution >= 0.6 is 0 Å². The molecule has 19 heavy (non-hydrogen) atoms. The second kappa shape index (κ2) is 9.75.